The lowest BCUT2D eigenvalue weighted by atomic mass is 10.2. The van der Waals surface area contributed by atoms with Crippen LogP contribution in [0.4, 0.5) is 22.0 Å². The zero-order valence-corrected chi connectivity index (χ0v) is 23.5. The highest BCUT2D eigenvalue weighted by Gasteiger charge is 2.48. The average Bonchev–Trinajstić information content (AvgIpc) is 2.89. The molecular weight excluding hydrogens is 631 g/mol. The van der Waals surface area contributed by atoms with Gasteiger partial charge in [0.05, 0.1) is 17.5 Å². The summed E-state index contributed by atoms with van der Waals surface area (Å²) in [6.45, 7) is -0.327. The number of benzene rings is 3. The van der Waals surface area contributed by atoms with Gasteiger partial charge in [0.15, 0.2) is 24.8 Å². The maximum atomic E-state index is 13.2. The first-order valence-electron chi connectivity index (χ1n) is 11.4. The van der Waals surface area contributed by atoms with E-state index >= 15 is 0 Å². The molecule has 212 valence electrons. The number of alkyl halides is 3. The Balaban J connectivity index is 0.000000285. The maximum Gasteiger partial charge on any atom is 0.428 e. The molecule has 13 heteroatoms. The number of carbonyl (C=O) groups excluding carboxylic acids is 1. The molecule has 0 aliphatic carbocycles. The summed E-state index contributed by atoms with van der Waals surface area (Å²) < 4.78 is 98.8. The van der Waals surface area contributed by atoms with Crippen LogP contribution in [0.5, 0.6) is 0 Å². The van der Waals surface area contributed by atoms with Gasteiger partial charge in [0.25, 0.3) is 0 Å². The molecule has 0 atom stereocenters. The summed E-state index contributed by atoms with van der Waals surface area (Å²) in [4.78, 5) is 13.3. The highest BCUT2D eigenvalue weighted by molar-refractivity contribution is 9.09. The van der Waals surface area contributed by atoms with Crippen molar-refractivity contribution < 1.29 is 44.5 Å². The van der Waals surface area contributed by atoms with Crippen molar-refractivity contribution in [1.82, 2.24) is 0 Å². The predicted octanol–water partition coefficient (Wildman–Crippen LogP) is 6.82. The fourth-order valence-corrected chi connectivity index (χ4v) is 5.72. The van der Waals surface area contributed by atoms with Crippen molar-refractivity contribution in [3.8, 4) is 0 Å². The fourth-order valence-electron chi connectivity index (χ4n) is 3.02. The van der Waals surface area contributed by atoms with Crippen molar-refractivity contribution in [3.05, 3.63) is 90.2 Å². The van der Waals surface area contributed by atoms with Crippen LogP contribution in [0.3, 0.4) is 0 Å². The Hall–Kier alpha value is -2.48. The third-order valence-corrected chi connectivity index (χ3v) is 8.55. The molecule has 0 aromatic heterocycles. The van der Waals surface area contributed by atoms with Gasteiger partial charge in [0, 0.05) is 5.33 Å². The number of hydrogen-bond acceptors (Lipinski definition) is 5. The molecular formula is C26H24BrF5O5S2. The largest absolute Gasteiger partial charge is 0.743 e. The summed E-state index contributed by atoms with van der Waals surface area (Å²) in [6, 6.07) is 18.5. The van der Waals surface area contributed by atoms with Crippen molar-refractivity contribution >= 4 is 42.9 Å². The lowest BCUT2D eigenvalue weighted by molar-refractivity contribution is -0.161. The van der Waals surface area contributed by atoms with Gasteiger partial charge in [-0.05, 0) is 85.6 Å². The van der Waals surface area contributed by atoms with Crippen molar-refractivity contribution in [3.63, 3.8) is 0 Å². The molecule has 0 aliphatic rings. The Kier molecular flexibility index (Phi) is 12.9. The van der Waals surface area contributed by atoms with E-state index in [1.807, 2.05) is 0 Å². The minimum Gasteiger partial charge on any atom is -0.743 e. The summed E-state index contributed by atoms with van der Waals surface area (Å²) in [7, 11) is -6.56. The van der Waals surface area contributed by atoms with Gasteiger partial charge in [-0.3, -0.25) is 0 Å². The molecule has 0 saturated heterocycles. The van der Waals surface area contributed by atoms with Crippen molar-refractivity contribution in [2.75, 3.05) is 11.9 Å². The Morgan fingerprint density at radius 2 is 1.10 bits per heavy atom. The predicted molar refractivity (Wildman–Crippen MR) is 139 cm³/mol. The van der Waals surface area contributed by atoms with Crippen LogP contribution in [0, 0.1) is 17.5 Å². The van der Waals surface area contributed by atoms with Gasteiger partial charge in [-0.1, -0.05) is 28.8 Å². The topological polar surface area (TPSA) is 83.5 Å². The van der Waals surface area contributed by atoms with E-state index in [9.17, 15) is 39.7 Å². The monoisotopic (exact) mass is 654 g/mol. The minimum absolute atomic E-state index is 0.314. The zero-order chi connectivity index (χ0) is 29.1. The second kappa shape index (κ2) is 15.3. The van der Waals surface area contributed by atoms with E-state index in [0.717, 1.165) is 32.9 Å². The van der Waals surface area contributed by atoms with Crippen LogP contribution in [0.25, 0.3) is 0 Å². The number of ether oxygens (including phenoxy) is 1. The van der Waals surface area contributed by atoms with Gasteiger partial charge in [-0.15, -0.1) is 0 Å². The molecule has 3 aromatic rings. The van der Waals surface area contributed by atoms with Gasteiger partial charge >= 0.3 is 11.2 Å². The standard InChI is InChI=1S/C18H12F3S.C8H13BrF2O5S/c19-13-1-7-16(8-2-13)22(17-9-3-14(20)4-10-17)18-11-5-15(21)6-12-18;9-5-3-1-2-4-6-16-7(12)8(10,11)17(13,14)15/h1-12H;1-6H2,(H,13,14,15)/q+1;/p-1. The molecule has 0 fully saturated rings. The number of hydrogen-bond donors (Lipinski definition) is 0. The number of halogens is 6. The molecule has 3 rings (SSSR count). The number of rotatable bonds is 11. The second-order valence-electron chi connectivity index (χ2n) is 7.88. The molecule has 0 spiro atoms. The van der Waals surface area contributed by atoms with Gasteiger partial charge in [0.1, 0.15) is 17.5 Å². The molecule has 0 bridgehead atoms. The van der Waals surface area contributed by atoms with E-state index in [-0.39, 0.29) is 24.1 Å². The number of unbranched alkanes of at least 4 members (excludes halogenated alkanes) is 3. The third kappa shape index (κ3) is 10.2. The fraction of sp³-hybridized carbons (Fsp3) is 0.269. The van der Waals surface area contributed by atoms with Crippen molar-refractivity contribution in [1.29, 1.82) is 0 Å². The molecule has 5 nitrogen and oxygen atoms in total. The Morgan fingerprint density at radius 3 is 1.44 bits per heavy atom. The van der Waals surface area contributed by atoms with Crippen LogP contribution in [0.2, 0.25) is 0 Å². The van der Waals surface area contributed by atoms with E-state index in [1.54, 1.807) is 36.4 Å². The van der Waals surface area contributed by atoms with Crippen LogP contribution < -0.4 is 0 Å². The minimum atomic E-state index is -6.02. The Morgan fingerprint density at radius 1 is 0.744 bits per heavy atom. The normalized spacial score (nSPS) is 11.6. The summed E-state index contributed by atoms with van der Waals surface area (Å²) in [5, 5.41) is -4.19. The van der Waals surface area contributed by atoms with Crippen LogP contribution in [-0.2, 0) is 30.5 Å². The Bertz CT molecular complexity index is 1180. The Labute approximate surface area is 234 Å². The molecule has 39 heavy (non-hydrogen) atoms. The molecule has 0 heterocycles. The van der Waals surface area contributed by atoms with Gasteiger partial charge in [0.2, 0.25) is 0 Å². The van der Waals surface area contributed by atoms with Gasteiger partial charge in [-0.25, -0.2) is 26.4 Å². The van der Waals surface area contributed by atoms with E-state index in [4.69, 9.17) is 0 Å². The smallest absolute Gasteiger partial charge is 0.428 e. The third-order valence-electron chi connectivity index (χ3n) is 4.96. The van der Waals surface area contributed by atoms with Gasteiger partial charge in [-0.2, -0.15) is 8.78 Å². The summed E-state index contributed by atoms with van der Waals surface area (Å²) >= 11 is 3.20. The second-order valence-corrected chi connectivity index (χ2v) is 12.1. The van der Waals surface area contributed by atoms with Crippen molar-refractivity contribution in [2.24, 2.45) is 0 Å². The first-order valence-corrected chi connectivity index (χ1v) is 15.2. The summed E-state index contributed by atoms with van der Waals surface area (Å²) in [5.74, 6) is -3.26. The van der Waals surface area contributed by atoms with Crippen LogP contribution >= 0.6 is 15.9 Å². The lowest BCUT2D eigenvalue weighted by Gasteiger charge is -2.17. The highest BCUT2D eigenvalue weighted by Crippen LogP contribution is 2.31. The summed E-state index contributed by atoms with van der Waals surface area (Å²) in [6.07, 6.45) is 2.74. The van der Waals surface area contributed by atoms with E-state index in [0.29, 0.717) is 12.8 Å². The molecule has 0 unspecified atom stereocenters. The van der Waals surface area contributed by atoms with Crippen molar-refractivity contribution in [2.45, 2.75) is 45.6 Å². The first-order chi connectivity index (χ1) is 18.4. The first kappa shape index (κ1) is 32.7. The van der Waals surface area contributed by atoms with Crippen LogP contribution in [0.15, 0.2) is 87.5 Å². The molecule has 0 amide bonds. The number of carbonyl (C=O) groups is 1. The van der Waals surface area contributed by atoms with Crippen LogP contribution in [-0.4, -0.2) is 36.1 Å². The highest BCUT2D eigenvalue weighted by atomic mass is 79.9. The molecule has 0 N–H and O–H groups in total. The van der Waals surface area contributed by atoms with E-state index in [2.05, 4.69) is 20.7 Å². The average molecular weight is 656 g/mol. The van der Waals surface area contributed by atoms with E-state index < -0.39 is 32.2 Å². The quantitative estimate of drug-likeness (QED) is 0.0566. The number of esters is 1. The lowest BCUT2D eigenvalue weighted by Crippen LogP contribution is -2.39. The molecule has 0 radical (unpaired) electrons. The van der Waals surface area contributed by atoms with Gasteiger partial charge < -0.3 is 9.29 Å². The molecule has 0 saturated carbocycles. The SMILES string of the molecule is Fc1ccc([S+](c2ccc(F)cc2)c2ccc(F)cc2)cc1.O=C(OCCCCCCBr)C(F)(F)S(=O)(=O)[O-]. The maximum absolute atomic E-state index is 13.2. The van der Waals surface area contributed by atoms with E-state index in [1.165, 1.54) is 36.4 Å². The molecule has 3 aromatic carbocycles. The molecule has 0 aliphatic heterocycles. The zero-order valence-electron chi connectivity index (χ0n) is 20.3. The van der Waals surface area contributed by atoms with Crippen LogP contribution in [0.1, 0.15) is 25.7 Å². The summed E-state index contributed by atoms with van der Waals surface area (Å²) in [5.41, 5.74) is 0.